The molecule has 0 radical (unpaired) electrons. The molecule has 0 saturated heterocycles. The topological polar surface area (TPSA) is 57.2 Å². The molecule has 3 rings (SSSR count). The number of methoxy groups -OCH3 is 1. The van der Waals surface area contributed by atoms with Crippen LogP contribution in [0.3, 0.4) is 0 Å². The highest BCUT2D eigenvalue weighted by Crippen LogP contribution is 2.34. The summed E-state index contributed by atoms with van der Waals surface area (Å²) in [5, 5.41) is 0. The summed E-state index contributed by atoms with van der Waals surface area (Å²) in [5.41, 5.74) is 11.1. The fraction of sp³-hybridized carbons (Fsp3) is 0.190. The van der Waals surface area contributed by atoms with E-state index in [0.717, 1.165) is 38.3 Å². The van der Waals surface area contributed by atoms with E-state index in [4.69, 9.17) is 10.5 Å². The highest BCUT2D eigenvalue weighted by molar-refractivity contribution is 9.10. The van der Waals surface area contributed by atoms with Gasteiger partial charge in [-0.1, -0.05) is 46.3 Å². The SMILES string of the molecule is COc1ccccc1Cn1c(C)c(C(N)=O)c(-c2ccc(Br)cc2)c1C. The zero-order valence-corrected chi connectivity index (χ0v) is 16.6. The highest BCUT2D eigenvalue weighted by Gasteiger charge is 2.23. The van der Waals surface area contributed by atoms with Gasteiger partial charge < -0.3 is 15.0 Å². The van der Waals surface area contributed by atoms with Crippen LogP contribution in [0.2, 0.25) is 0 Å². The van der Waals surface area contributed by atoms with Crippen LogP contribution in [-0.2, 0) is 6.54 Å². The molecule has 0 saturated carbocycles. The van der Waals surface area contributed by atoms with Gasteiger partial charge in [-0.15, -0.1) is 0 Å². The first-order chi connectivity index (χ1) is 12.4. The first-order valence-electron chi connectivity index (χ1n) is 8.31. The lowest BCUT2D eigenvalue weighted by Crippen LogP contribution is -2.13. The number of rotatable bonds is 5. The van der Waals surface area contributed by atoms with E-state index in [-0.39, 0.29) is 0 Å². The fourth-order valence-electron chi connectivity index (χ4n) is 3.40. The summed E-state index contributed by atoms with van der Waals surface area (Å²) in [5.74, 6) is 0.410. The van der Waals surface area contributed by atoms with Crippen molar-refractivity contribution in [2.75, 3.05) is 7.11 Å². The number of para-hydroxylation sites is 1. The number of aromatic nitrogens is 1. The first-order valence-corrected chi connectivity index (χ1v) is 9.10. The smallest absolute Gasteiger partial charge is 0.251 e. The van der Waals surface area contributed by atoms with Gasteiger partial charge in [-0.25, -0.2) is 0 Å². The van der Waals surface area contributed by atoms with Gasteiger partial charge in [-0.3, -0.25) is 4.79 Å². The highest BCUT2D eigenvalue weighted by atomic mass is 79.9. The maximum absolute atomic E-state index is 12.2. The molecular formula is C21H21BrN2O2. The van der Waals surface area contributed by atoms with Gasteiger partial charge in [0.1, 0.15) is 5.75 Å². The maximum atomic E-state index is 12.2. The van der Waals surface area contributed by atoms with Gasteiger partial charge in [0.15, 0.2) is 0 Å². The number of benzene rings is 2. The summed E-state index contributed by atoms with van der Waals surface area (Å²) in [4.78, 5) is 12.2. The Labute approximate surface area is 161 Å². The van der Waals surface area contributed by atoms with Crippen molar-refractivity contribution >= 4 is 21.8 Å². The number of primary amides is 1. The summed E-state index contributed by atoms with van der Waals surface area (Å²) in [6, 6.07) is 15.8. The van der Waals surface area contributed by atoms with Crippen LogP contribution in [-0.4, -0.2) is 17.6 Å². The largest absolute Gasteiger partial charge is 0.496 e. The quantitative estimate of drug-likeness (QED) is 0.660. The Morgan fingerprint density at radius 2 is 1.73 bits per heavy atom. The number of carbonyl (C=O) groups is 1. The fourth-order valence-corrected chi connectivity index (χ4v) is 3.66. The van der Waals surface area contributed by atoms with Crippen molar-refractivity contribution in [1.29, 1.82) is 0 Å². The molecule has 0 fully saturated rings. The molecule has 1 aromatic heterocycles. The predicted molar refractivity (Wildman–Crippen MR) is 108 cm³/mol. The molecule has 134 valence electrons. The van der Waals surface area contributed by atoms with E-state index in [0.29, 0.717) is 12.1 Å². The second-order valence-corrected chi connectivity index (χ2v) is 7.11. The minimum absolute atomic E-state index is 0.415. The van der Waals surface area contributed by atoms with E-state index in [1.807, 2.05) is 62.4 Å². The molecule has 0 unspecified atom stereocenters. The van der Waals surface area contributed by atoms with Gasteiger partial charge in [-0.2, -0.15) is 0 Å². The maximum Gasteiger partial charge on any atom is 0.251 e. The van der Waals surface area contributed by atoms with Crippen LogP contribution in [0.4, 0.5) is 0 Å². The zero-order valence-electron chi connectivity index (χ0n) is 15.0. The third kappa shape index (κ3) is 3.27. The Hall–Kier alpha value is -2.53. The molecule has 0 bridgehead atoms. The predicted octanol–water partition coefficient (Wildman–Crippen LogP) is 4.69. The molecule has 2 N–H and O–H groups in total. The molecule has 0 aliphatic carbocycles. The van der Waals surface area contributed by atoms with E-state index in [1.54, 1.807) is 7.11 Å². The Bertz CT molecular complexity index is 959. The van der Waals surface area contributed by atoms with Crippen LogP contribution in [0.5, 0.6) is 5.75 Å². The van der Waals surface area contributed by atoms with Gasteiger partial charge >= 0.3 is 0 Å². The zero-order chi connectivity index (χ0) is 18.8. The van der Waals surface area contributed by atoms with Crippen molar-refractivity contribution in [3.8, 4) is 16.9 Å². The minimum atomic E-state index is -0.415. The number of ether oxygens (including phenoxy) is 1. The monoisotopic (exact) mass is 412 g/mol. The van der Waals surface area contributed by atoms with Gasteiger partial charge in [0.25, 0.3) is 5.91 Å². The van der Waals surface area contributed by atoms with Crippen LogP contribution < -0.4 is 10.5 Å². The third-order valence-electron chi connectivity index (χ3n) is 4.68. The van der Waals surface area contributed by atoms with Crippen LogP contribution in [0.1, 0.15) is 27.3 Å². The Morgan fingerprint density at radius 1 is 1.08 bits per heavy atom. The molecule has 26 heavy (non-hydrogen) atoms. The molecule has 0 atom stereocenters. The van der Waals surface area contributed by atoms with E-state index in [2.05, 4.69) is 20.5 Å². The van der Waals surface area contributed by atoms with Gasteiger partial charge in [-0.05, 0) is 37.6 Å². The van der Waals surface area contributed by atoms with E-state index in [9.17, 15) is 4.79 Å². The Kier molecular flexibility index (Phi) is 5.18. The number of nitrogens with two attached hydrogens (primary N) is 1. The Balaban J connectivity index is 2.17. The Morgan fingerprint density at radius 3 is 2.35 bits per heavy atom. The number of nitrogens with zero attached hydrogens (tertiary/aromatic N) is 1. The normalized spacial score (nSPS) is 10.8. The van der Waals surface area contributed by atoms with Crippen LogP contribution in [0.25, 0.3) is 11.1 Å². The molecule has 0 aliphatic rings. The second-order valence-electron chi connectivity index (χ2n) is 6.19. The summed E-state index contributed by atoms with van der Waals surface area (Å²) in [6.45, 7) is 4.57. The minimum Gasteiger partial charge on any atom is -0.496 e. The summed E-state index contributed by atoms with van der Waals surface area (Å²) >= 11 is 3.45. The van der Waals surface area contributed by atoms with E-state index >= 15 is 0 Å². The van der Waals surface area contributed by atoms with Crippen molar-refractivity contribution in [3.63, 3.8) is 0 Å². The van der Waals surface area contributed by atoms with Crippen molar-refractivity contribution in [2.45, 2.75) is 20.4 Å². The third-order valence-corrected chi connectivity index (χ3v) is 5.21. The number of halogens is 1. The number of carbonyl (C=O) groups excluding carboxylic acids is 1. The summed E-state index contributed by atoms with van der Waals surface area (Å²) in [6.07, 6.45) is 0. The van der Waals surface area contributed by atoms with E-state index < -0.39 is 5.91 Å². The van der Waals surface area contributed by atoms with Crippen LogP contribution in [0.15, 0.2) is 53.0 Å². The number of hydrogen-bond donors (Lipinski definition) is 1. The lowest BCUT2D eigenvalue weighted by Gasteiger charge is -2.13. The first kappa shape index (κ1) is 18.3. The number of hydrogen-bond acceptors (Lipinski definition) is 2. The van der Waals surface area contributed by atoms with Gasteiger partial charge in [0.2, 0.25) is 0 Å². The summed E-state index contributed by atoms with van der Waals surface area (Å²) in [7, 11) is 1.66. The molecule has 1 amide bonds. The molecule has 4 nitrogen and oxygen atoms in total. The molecule has 0 aliphatic heterocycles. The molecule has 3 aromatic rings. The van der Waals surface area contributed by atoms with Gasteiger partial charge in [0, 0.05) is 27.0 Å². The van der Waals surface area contributed by atoms with Crippen molar-refractivity contribution in [3.05, 3.63) is 75.5 Å². The average Bonchev–Trinajstić information content (AvgIpc) is 2.87. The molecule has 2 aromatic carbocycles. The van der Waals surface area contributed by atoms with Crippen LogP contribution in [0, 0.1) is 13.8 Å². The molecular weight excluding hydrogens is 392 g/mol. The lowest BCUT2D eigenvalue weighted by molar-refractivity contribution is 0.1000. The van der Waals surface area contributed by atoms with Crippen molar-refractivity contribution in [1.82, 2.24) is 4.57 Å². The van der Waals surface area contributed by atoms with Gasteiger partial charge in [0.05, 0.1) is 19.2 Å². The average molecular weight is 413 g/mol. The standard InChI is InChI=1S/C21H21BrN2O2/c1-13-19(15-8-10-17(22)11-9-15)20(21(23)25)14(2)24(13)12-16-6-4-5-7-18(16)26-3/h4-11H,12H2,1-3H3,(H2,23,25). The molecule has 5 heteroatoms. The number of amides is 1. The lowest BCUT2D eigenvalue weighted by atomic mass is 10.0. The van der Waals surface area contributed by atoms with Crippen molar-refractivity contribution in [2.24, 2.45) is 5.73 Å². The van der Waals surface area contributed by atoms with Crippen LogP contribution >= 0.6 is 15.9 Å². The van der Waals surface area contributed by atoms with E-state index in [1.165, 1.54) is 0 Å². The second kappa shape index (κ2) is 7.38. The molecule has 1 heterocycles. The molecule has 0 spiro atoms. The van der Waals surface area contributed by atoms with Crippen molar-refractivity contribution < 1.29 is 9.53 Å². The summed E-state index contributed by atoms with van der Waals surface area (Å²) < 4.78 is 8.58.